The van der Waals surface area contributed by atoms with Crippen LogP contribution in [-0.4, -0.2) is 82.3 Å². The third-order valence-electron chi connectivity index (χ3n) is 6.59. The first-order chi connectivity index (χ1) is 14.6. The molecule has 0 aromatic heterocycles. The van der Waals surface area contributed by atoms with Gasteiger partial charge in [0.25, 0.3) is 0 Å². The summed E-state index contributed by atoms with van der Waals surface area (Å²) in [4.78, 5) is 43.5. The molecule has 31 heavy (non-hydrogen) atoms. The van der Waals surface area contributed by atoms with Gasteiger partial charge in [0.05, 0.1) is 17.9 Å². The molecule has 172 valence electrons. The Balaban J connectivity index is 2.02. The van der Waals surface area contributed by atoms with Gasteiger partial charge in [0.15, 0.2) is 0 Å². The molecule has 0 aliphatic carbocycles. The van der Waals surface area contributed by atoms with Crippen LogP contribution in [0.5, 0.6) is 0 Å². The van der Waals surface area contributed by atoms with Crippen LogP contribution in [0.3, 0.4) is 0 Å². The molecule has 1 spiro atoms. The molecule has 8 heteroatoms. The van der Waals surface area contributed by atoms with Crippen molar-refractivity contribution in [2.24, 2.45) is 11.8 Å². The second-order valence-corrected chi connectivity index (χ2v) is 9.49. The number of hydrogen-bond acceptors (Lipinski definition) is 6. The van der Waals surface area contributed by atoms with Gasteiger partial charge in [-0.05, 0) is 40.0 Å². The molecule has 8 nitrogen and oxygen atoms in total. The summed E-state index contributed by atoms with van der Waals surface area (Å²) in [7, 11) is 0. The fourth-order valence-corrected chi connectivity index (χ4v) is 5.39. The van der Waals surface area contributed by atoms with Crippen molar-refractivity contribution >= 4 is 17.8 Å². The number of ether oxygens (including phenoxy) is 2. The Labute approximate surface area is 183 Å². The van der Waals surface area contributed by atoms with E-state index in [1.807, 2.05) is 20.8 Å². The quantitative estimate of drug-likeness (QED) is 0.434. The van der Waals surface area contributed by atoms with Crippen LogP contribution in [0.15, 0.2) is 25.3 Å². The monoisotopic (exact) mass is 434 g/mol. The number of nitrogens with zero attached hydrogens (tertiary/aromatic N) is 2. The normalized spacial score (nSPS) is 31.5. The number of esters is 1. The Kier molecular flexibility index (Phi) is 6.62. The second-order valence-electron chi connectivity index (χ2n) is 9.49. The third-order valence-corrected chi connectivity index (χ3v) is 6.59. The molecule has 3 heterocycles. The van der Waals surface area contributed by atoms with Gasteiger partial charge in [0, 0.05) is 25.2 Å². The summed E-state index contributed by atoms with van der Waals surface area (Å²) in [5.74, 6) is -2.48. The largest absolute Gasteiger partial charge is 0.461 e. The zero-order valence-electron chi connectivity index (χ0n) is 18.7. The topological polar surface area (TPSA) is 96.4 Å². The lowest BCUT2D eigenvalue weighted by Gasteiger charge is -2.42. The zero-order chi connectivity index (χ0) is 23.0. The maximum Gasteiger partial charge on any atom is 0.312 e. The molecule has 3 aliphatic rings. The van der Waals surface area contributed by atoms with E-state index >= 15 is 0 Å². The van der Waals surface area contributed by atoms with Crippen LogP contribution in [0, 0.1) is 11.8 Å². The van der Waals surface area contributed by atoms with Crippen LogP contribution >= 0.6 is 0 Å². The van der Waals surface area contributed by atoms with Crippen molar-refractivity contribution in [3.8, 4) is 0 Å². The molecule has 2 unspecified atom stereocenters. The highest BCUT2D eigenvalue weighted by atomic mass is 16.6. The van der Waals surface area contributed by atoms with Crippen LogP contribution in [0.1, 0.15) is 40.0 Å². The van der Waals surface area contributed by atoms with Crippen molar-refractivity contribution in [2.45, 2.75) is 63.3 Å². The van der Waals surface area contributed by atoms with Crippen molar-refractivity contribution in [2.75, 3.05) is 26.3 Å². The standard InChI is InChI=1S/C23H34N2O6/c1-6-11-25(22(3,4)5)20(28)18-23-10-9-15(31-23)16(21(29)30-14-7-2)17(23)19(27)24(18)12-8-13-26/h6-7,15-18,26H,1-2,8-14H2,3-5H3/t15-,16+,17+,18?,23?/m1/s1. The van der Waals surface area contributed by atoms with E-state index in [4.69, 9.17) is 9.47 Å². The molecule has 2 bridgehead atoms. The van der Waals surface area contributed by atoms with Gasteiger partial charge < -0.3 is 24.4 Å². The maximum absolute atomic E-state index is 13.9. The summed E-state index contributed by atoms with van der Waals surface area (Å²) in [6.45, 7) is 13.6. The predicted octanol–water partition coefficient (Wildman–Crippen LogP) is 1.29. The third kappa shape index (κ3) is 3.80. The average molecular weight is 435 g/mol. The van der Waals surface area contributed by atoms with Gasteiger partial charge in [-0.2, -0.15) is 0 Å². The molecular weight excluding hydrogens is 400 g/mol. The Morgan fingerprint density at radius 2 is 2.06 bits per heavy atom. The SMILES string of the molecule is C=CCOC(=O)[C@@H]1[C@H]2C(=O)N(CCCO)C(C(=O)N(CC=C)C(C)(C)C)C23CC[C@H]1O3. The lowest BCUT2D eigenvalue weighted by molar-refractivity contribution is -0.155. The Hall–Kier alpha value is -2.19. The first-order valence-electron chi connectivity index (χ1n) is 10.9. The molecule has 3 rings (SSSR count). The van der Waals surface area contributed by atoms with E-state index in [9.17, 15) is 19.5 Å². The Morgan fingerprint density at radius 1 is 1.35 bits per heavy atom. The predicted molar refractivity (Wildman–Crippen MR) is 114 cm³/mol. The minimum absolute atomic E-state index is 0.0592. The minimum Gasteiger partial charge on any atom is -0.461 e. The molecule has 0 aromatic carbocycles. The van der Waals surface area contributed by atoms with Crippen LogP contribution in [0.4, 0.5) is 0 Å². The van der Waals surface area contributed by atoms with Crippen molar-refractivity contribution in [1.29, 1.82) is 0 Å². The van der Waals surface area contributed by atoms with E-state index in [0.717, 1.165) is 0 Å². The summed E-state index contributed by atoms with van der Waals surface area (Å²) in [6.07, 6.45) is 4.15. The first-order valence-corrected chi connectivity index (χ1v) is 10.9. The summed E-state index contributed by atoms with van der Waals surface area (Å²) in [5, 5.41) is 9.37. The molecule has 2 amide bonds. The van der Waals surface area contributed by atoms with E-state index in [2.05, 4.69) is 13.2 Å². The number of likely N-dealkylation sites (tertiary alicyclic amines) is 1. The van der Waals surface area contributed by atoms with E-state index in [1.165, 1.54) is 11.0 Å². The Morgan fingerprint density at radius 3 is 2.65 bits per heavy atom. The minimum atomic E-state index is -1.06. The number of aliphatic hydroxyl groups is 1. The molecule has 3 aliphatic heterocycles. The van der Waals surface area contributed by atoms with Crippen LogP contribution in [-0.2, 0) is 23.9 Å². The number of fused-ring (bicyclic) bond motifs is 1. The highest BCUT2D eigenvalue weighted by molar-refractivity contribution is 5.98. The highest BCUT2D eigenvalue weighted by Crippen LogP contribution is 2.59. The first kappa shape index (κ1) is 23.5. The lowest BCUT2D eigenvalue weighted by atomic mass is 9.70. The molecule has 0 radical (unpaired) electrons. The van der Waals surface area contributed by atoms with Gasteiger partial charge >= 0.3 is 5.97 Å². The average Bonchev–Trinajstić information content (AvgIpc) is 3.34. The van der Waals surface area contributed by atoms with Gasteiger partial charge in [0.1, 0.15) is 18.2 Å². The number of carbonyl (C=O) groups excluding carboxylic acids is 3. The number of amides is 2. The van der Waals surface area contributed by atoms with Gasteiger partial charge in [-0.1, -0.05) is 18.7 Å². The van der Waals surface area contributed by atoms with Crippen molar-refractivity contribution in [3.63, 3.8) is 0 Å². The summed E-state index contributed by atoms with van der Waals surface area (Å²) >= 11 is 0. The van der Waals surface area contributed by atoms with Crippen molar-refractivity contribution in [1.82, 2.24) is 9.80 Å². The molecule has 5 atom stereocenters. The summed E-state index contributed by atoms with van der Waals surface area (Å²) < 4.78 is 11.6. The molecule has 3 fully saturated rings. The lowest BCUT2D eigenvalue weighted by Crippen LogP contribution is -2.60. The molecular formula is C23H34N2O6. The molecule has 1 N–H and O–H groups in total. The summed E-state index contributed by atoms with van der Waals surface area (Å²) in [5.41, 5.74) is -1.55. The van der Waals surface area contributed by atoms with E-state index in [1.54, 1.807) is 11.0 Å². The number of aliphatic hydroxyl groups excluding tert-OH is 1. The molecule has 0 aromatic rings. The van der Waals surface area contributed by atoms with Gasteiger partial charge in [-0.3, -0.25) is 14.4 Å². The van der Waals surface area contributed by atoms with E-state index in [-0.39, 0.29) is 31.6 Å². The second kappa shape index (κ2) is 8.74. The summed E-state index contributed by atoms with van der Waals surface area (Å²) in [6, 6.07) is -0.849. The van der Waals surface area contributed by atoms with Crippen molar-refractivity contribution in [3.05, 3.63) is 25.3 Å². The highest BCUT2D eigenvalue weighted by Gasteiger charge is 2.75. The van der Waals surface area contributed by atoms with Gasteiger partial charge in [-0.15, -0.1) is 6.58 Å². The smallest absolute Gasteiger partial charge is 0.312 e. The van der Waals surface area contributed by atoms with Crippen molar-refractivity contribution < 1.29 is 29.0 Å². The number of carbonyl (C=O) groups is 3. The number of rotatable bonds is 9. The van der Waals surface area contributed by atoms with Crippen LogP contribution in [0.25, 0.3) is 0 Å². The zero-order valence-corrected chi connectivity index (χ0v) is 18.7. The van der Waals surface area contributed by atoms with Gasteiger partial charge in [0.2, 0.25) is 11.8 Å². The molecule has 0 saturated carbocycles. The Bertz CT molecular complexity index is 760. The van der Waals surface area contributed by atoms with Crippen LogP contribution in [0.2, 0.25) is 0 Å². The fraction of sp³-hybridized carbons (Fsp3) is 0.696. The van der Waals surface area contributed by atoms with E-state index < -0.39 is 41.1 Å². The van der Waals surface area contributed by atoms with E-state index in [0.29, 0.717) is 25.8 Å². The number of hydrogen-bond donors (Lipinski definition) is 1. The van der Waals surface area contributed by atoms with Crippen LogP contribution < -0.4 is 0 Å². The molecule has 3 saturated heterocycles. The van der Waals surface area contributed by atoms with Gasteiger partial charge in [-0.25, -0.2) is 0 Å². The maximum atomic E-state index is 13.9. The fourth-order valence-electron chi connectivity index (χ4n) is 5.39.